The van der Waals surface area contributed by atoms with Crippen molar-refractivity contribution in [3.8, 4) is 5.69 Å². The van der Waals surface area contributed by atoms with E-state index in [1.807, 2.05) is 0 Å². The molecule has 0 fully saturated rings. The van der Waals surface area contributed by atoms with E-state index in [-0.39, 0.29) is 10.5 Å². The van der Waals surface area contributed by atoms with Crippen LogP contribution in [0.4, 0.5) is 0 Å². The van der Waals surface area contributed by atoms with Crippen LogP contribution in [0.25, 0.3) is 5.69 Å². The predicted molar refractivity (Wildman–Crippen MR) is 101 cm³/mol. The first-order valence-electron chi connectivity index (χ1n) is 8.38. The Bertz CT molecular complexity index is 1080. The van der Waals surface area contributed by atoms with E-state index in [0.717, 1.165) is 0 Å². The number of tetrazole rings is 1. The first kappa shape index (κ1) is 20.1. The number of amides is 2. The number of hydrazine groups is 1. The third-order valence-electron chi connectivity index (χ3n) is 3.82. The normalized spacial score (nSPS) is 12.2. The van der Waals surface area contributed by atoms with Gasteiger partial charge in [0.1, 0.15) is 6.33 Å². The quantitative estimate of drug-likeness (QED) is 0.472. The number of aromatic nitrogens is 4. The first-order chi connectivity index (χ1) is 13.9. The van der Waals surface area contributed by atoms with E-state index in [1.54, 1.807) is 30.3 Å². The van der Waals surface area contributed by atoms with E-state index >= 15 is 0 Å². The molecule has 2 aromatic carbocycles. The van der Waals surface area contributed by atoms with Gasteiger partial charge in [-0.25, -0.2) is 13.1 Å². The van der Waals surface area contributed by atoms with Gasteiger partial charge in [-0.2, -0.15) is 4.72 Å². The second-order valence-corrected chi connectivity index (χ2v) is 7.61. The van der Waals surface area contributed by atoms with Crippen LogP contribution >= 0.6 is 0 Å². The summed E-state index contributed by atoms with van der Waals surface area (Å²) in [6.45, 7) is 1.36. The standard InChI is InChI=1S/C17H17N7O4S/c1-12(21-29(27,28)15-5-3-2-4-6-15)16(25)19-20-17(26)13-7-9-14(10-8-13)24-11-18-22-23-24/h2-12,21H,1H3,(H,19,25)(H,20,26)/t12-/m0/s1. The predicted octanol–water partition coefficient (Wildman–Crippen LogP) is -0.210. The van der Waals surface area contributed by atoms with Gasteiger partial charge in [0.05, 0.1) is 16.6 Å². The Kier molecular flexibility index (Phi) is 5.95. The van der Waals surface area contributed by atoms with Crippen LogP contribution in [0.2, 0.25) is 0 Å². The molecule has 2 amide bonds. The van der Waals surface area contributed by atoms with Gasteiger partial charge in [0.2, 0.25) is 10.0 Å². The summed E-state index contributed by atoms with van der Waals surface area (Å²) in [5, 5.41) is 10.8. The van der Waals surface area contributed by atoms with E-state index in [2.05, 4.69) is 31.1 Å². The Morgan fingerprint density at radius 2 is 1.69 bits per heavy atom. The van der Waals surface area contributed by atoms with Crippen LogP contribution < -0.4 is 15.6 Å². The van der Waals surface area contributed by atoms with Gasteiger partial charge in [0, 0.05) is 5.56 Å². The average Bonchev–Trinajstić information content (AvgIpc) is 3.27. The number of rotatable bonds is 6. The van der Waals surface area contributed by atoms with E-state index in [0.29, 0.717) is 5.69 Å². The Labute approximate surface area is 166 Å². The van der Waals surface area contributed by atoms with Crippen LogP contribution in [0, 0.1) is 0 Å². The lowest BCUT2D eigenvalue weighted by atomic mass is 10.2. The highest BCUT2D eigenvalue weighted by atomic mass is 32.2. The van der Waals surface area contributed by atoms with Gasteiger partial charge in [-0.05, 0) is 53.7 Å². The van der Waals surface area contributed by atoms with Crippen molar-refractivity contribution in [3.05, 3.63) is 66.5 Å². The van der Waals surface area contributed by atoms with Crippen molar-refractivity contribution >= 4 is 21.8 Å². The molecule has 29 heavy (non-hydrogen) atoms. The molecule has 0 saturated heterocycles. The van der Waals surface area contributed by atoms with E-state index in [4.69, 9.17) is 0 Å². The van der Waals surface area contributed by atoms with E-state index in [1.165, 1.54) is 42.2 Å². The SMILES string of the molecule is C[C@H](NS(=O)(=O)c1ccccc1)C(=O)NNC(=O)c1ccc(-n2cnnn2)cc1. The maximum atomic E-state index is 12.2. The fraction of sp³-hybridized carbons (Fsp3) is 0.118. The fourth-order valence-electron chi connectivity index (χ4n) is 2.30. The fourth-order valence-corrected chi connectivity index (χ4v) is 3.52. The topological polar surface area (TPSA) is 148 Å². The number of benzene rings is 2. The van der Waals surface area contributed by atoms with Gasteiger partial charge in [0.25, 0.3) is 11.8 Å². The molecule has 3 N–H and O–H groups in total. The Morgan fingerprint density at radius 1 is 1.00 bits per heavy atom. The lowest BCUT2D eigenvalue weighted by Gasteiger charge is -2.15. The van der Waals surface area contributed by atoms with Crippen molar-refractivity contribution in [2.24, 2.45) is 0 Å². The minimum Gasteiger partial charge on any atom is -0.271 e. The molecule has 0 saturated carbocycles. The number of hydrogen-bond donors (Lipinski definition) is 3. The number of sulfonamides is 1. The third kappa shape index (κ3) is 5.00. The monoisotopic (exact) mass is 415 g/mol. The van der Waals surface area contributed by atoms with E-state index < -0.39 is 27.9 Å². The van der Waals surface area contributed by atoms with Crippen LogP contribution in [0.5, 0.6) is 0 Å². The van der Waals surface area contributed by atoms with Gasteiger partial charge in [-0.15, -0.1) is 5.10 Å². The Morgan fingerprint density at radius 3 is 2.31 bits per heavy atom. The maximum Gasteiger partial charge on any atom is 0.269 e. The maximum absolute atomic E-state index is 12.2. The van der Waals surface area contributed by atoms with Gasteiger partial charge in [-0.3, -0.25) is 20.4 Å². The minimum absolute atomic E-state index is 0.0337. The zero-order chi connectivity index (χ0) is 20.9. The molecule has 1 heterocycles. The molecule has 150 valence electrons. The van der Waals surface area contributed by atoms with E-state index in [9.17, 15) is 18.0 Å². The summed E-state index contributed by atoms with van der Waals surface area (Å²) < 4.78 is 28.1. The molecule has 0 aliphatic rings. The molecule has 12 heteroatoms. The molecule has 0 unspecified atom stereocenters. The number of hydrogen-bond acceptors (Lipinski definition) is 7. The number of nitrogens with zero attached hydrogens (tertiary/aromatic N) is 4. The third-order valence-corrected chi connectivity index (χ3v) is 5.38. The molecule has 0 bridgehead atoms. The lowest BCUT2D eigenvalue weighted by Crippen LogP contribution is -2.51. The summed E-state index contributed by atoms with van der Waals surface area (Å²) in [6, 6.07) is 12.9. The van der Waals surface area contributed by atoms with Crippen molar-refractivity contribution in [3.63, 3.8) is 0 Å². The van der Waals surface area contributed by atoms with Crippen LogP contribution in [0.1, 0.15) is 17.3 Å². The summed E-state index contributed by atoms with van der Waals surface area (Å²) in [6.07, 6.45) is 1.41. The summed E-state index contributed by atoms with van der Waals surface area (Å²) in [5.41, 5.74) is 5.36. The zero-order valence-corrected chi connectivity index (χ0v) is 16.0. The minimum atomic E-state index is -3.86. The van der Waals surface area contributed by atoms with Gasteiger partial charge < -0.3 is 0 Å². The first-order valence-corrected chi connectivity index (χ1v) is 9.86. The summed E-state index contributed by atoms with van der Waals surface area (Å²) in [7, 11) is -3.86. The van der Waals surface area contributed by atoms with Crippen molar-refractivity contribution in [2.45, 2.75) is 17.9 Å². The molecule has 0 aliphatic carbocycles. The molecule has 0 spiro atoms. The van der Waals surface area contributed by atoms with Crippen molar-refractivity contribution < 1.29 is 18.0 Å². The van der Waals surface area contributed by atoms with Crippen LogP contribution in [0.15, 0.2) is 65.8 Å². The number of nitrogens with one attached hydrogen (secondary N) is 3. The van der Waals surface area contributed by atoms with Gasteiger partial charge in [-0.1, -0.05) is 18.2 Å². The largest absolute Gasteiger partial charge is 0.271 e. The number of carbonyl (C=O) groups is 2. The molecule has 1 atom stereocenters. The van der Waals surface area contributed by atoms with Crippen LogP contribution in [-0.2, 0) is 14.8 Å². The molecule has 0 aliphatic heterocycles. The van der Waals surface area contributed by atoms with Crippen LogP contribution in [0.3, 0.4) is 0 Å². The molecule has 11 nitrogen and oxygen atoms in total. The number of carbonyl (C=O) groups excluding carboxylic acids is 2. The smallest absolute Gasteiger partial charge is 0.269 e. The summed E-state index contributed by atoms with van der Waals surface area (Å²) >= 11 is 0. The second kappa shape index (κ2) is 8.58. The second-order valence-electron chi connectivity index (χ2n) is 5.90. The van der Waals surface area contributed by atoms with Crippen LogP contribution in [-0.4, -0.2) is 46.5 Å². The molecular weight excluding hydrogens is 398 g/mol. The molecule has 3 rings (SSSR count). The van der Waals surface area contributed by atoms with Gasteiger partial charge >= 0.3 is 0 Å². The zero-order valence-electron chi connectivity index (χ0n) is 15.2. The highest BCUT2D eigenvalue weighted by Gasteiger charge is 2.22. The molecule has 3 aromatic rings. The lowest BCUT2D eigenvalue weighted by molar-refractivity contribution is -0.123. The Balaban J connectivity index is 1.55. The van der Waals surface area contributed by atoms with Gasteiger partial charge in [0.15, 0.2) is 0 Å². The molecular formula is C17H17N7O4S. The highest BCUT2D eigenvalue weighted by molar-refractivity contribution is 7.89. The van der Waals surface area contributed by atoms with Crippen molar-refractivity contribution in [1.82, 2.24) is 35.8 Å². The summed E-state index contributed by atoms with van der Waals surface area (Å²) in [4.78, 5) is 24.3. The Hall–Kier alpha value is -3.64. The van der Waals surface area contributed by atoms with Crippen molar-refractivity contribution in [2.75, 3.05) is 0 Å². The molecule has 0 radical (unpaired) electrons. The van der Waals surface area contributed by atoms with Crippen molar-refractivity contribution in [1.29, 1.82) is 0 Å². The summed E-state index contributed by atoms with van der Waals surface area (Å²) in [5.74, 6) is -1.29. The molecule has 1 aromatic heterocycles. The highest BCUT2D eigenvalue weighted by Crippen LogP contribution is 2.09. The average molecular weight is 415 g/mol.